The number of nitrogens with one attached hydrogen (secondary N) is 2. The van der Waals surface area contributed by atoms with Gasteiger partial charge in [0.25, 0.3) is 0 Å². The van der Waals surface area contributed by atoms with Crippen molar-refractivity contribution >= 4 is 23.1 Å². The molecule has 0 atom stereocenters. The first kappa shape index (κ1) is 18.0. The minimum Gasteiger partial charge on any atom is -0.396 e. The molecule has 0 aliphatic rings. The lowest BCUT2D eigenvalue weighted by Crippen LogP contribution is -1.92. The number of aryl methyl sites for hydroxylation is 1. The van der Waals surface area contributed by atoms with Gasteiger partial charge in [0, 0.05) is 24.5 Å². The Labute approximate surface area is 159 Å². The number of aliphatic hydroxyl groups is 1. The number of fused-ring (bicyclic) bond motifs is 1. The van der Waals surface area contributed by atoms with E-state index < -0.39 is 5.82 Å². The number of hydrogen-bond donors (Lipinski definition) is 3. The van der Waals surface area contributed by atoms with Gasteiger partial charge < -0.3 is 5.11 Å². The highest BCUT2D eigenvalue weighted by atomic mass is 19.1. The van der Waals surface area contributed by atoms with Crippen LogP contribution in [0.15, 0.2) is 36.4 Å². The molecule has 0 bridgehead atoms. The second-order valence-electron chi connectivity index (χ2n) is 6.30. The Morgan fingerprint density at radius 2 is 1.82 bits per heavy atom. The molecule has 6 nitrogen and oxygen atoms in total. The van der Waals surface area contributed by atoms with Gasteiger partial charge in [-0.1, -0.05) is 18.2 Å². The summed E-state index contributed by atoms with van der Waals surface area (Å²) in [6.45, 7) is 0.0507. The van der Waals surface area contributed by atoms with Gasteiger partial charge in [-0.25, -0.2) is 13.8 Å². The van der Waals surface area contributed by atoms with Crippen molar-refractivity contribution in [3.05, 3.63) is 65.1 Å². The number of nitrogens with zero attached hydrogens (tertiary/aromatic N) is 3. The van der Waals surface area contributed by atoms with E-state index in [4.69, 9.17) is 5.11 Å². The molecule has 0 saturated carbocycles. The summed E-state index contributed by atoms with van der Waals surface area (Å²) in [7, 11) is 0. The molecule has 4 rings (SSSR count). The van der Waals surface area contributed by atoms with E-state index in [1.807, 2.05) is 0 Å². The van der Waals surface area contributed by atoms with Gasteiger partial charge in [0.1, 0.15) is 17.5 Å². The number of aromatic nitrogens is 5. The molecule has 2 heterocycles. The average molecular weight is 381 g/mol. The van der Waals surface area contributed by atoms with Crippen molar-refractivity contribution in [2.75, 3.05) is 6.61 Å². The van der Waals surface area contributed by atoms with Crippen LogP contribution < -0.4 is 0 Å². The third-order valence-corrected chi connectivity index (χ3v) is 4.33. The Kier molecular flexibility index (Phi) is 4.94. The quantitative estimate of drug-likeness (QED) is 0.475. The maximum Gasteiger partial charge on any atom is 0.184 e. The van der Waals surface area contributed by atoms with Crippen molar-refractivity contribution in [1.29, 1.82) is 0 Å². The minimum absolute atomic E-state index is 0.0507. The van der Waals surface area contributed by atoms with Crippen LogP contribution in [-0.4, -0.2) is 37.1 Å². The molecule has 3 N–H and O–H groups in total. The van der Waals surface area contributed by atoms with E-state index in [2.05, 4.69) is 25.4 Å². The molecular weight excluding hydrogens is 364 g/mol. The fraction of sp³-hybridized carbons (Fsp3) is 0.150. The molecule has 142 valence electrons. The first-order valence-electron chi connectivity index (χ1n) is 8.78. The van der Waals surface area contributed by atoms with E-state index in [1.54, 1.807) is 30.4 Å². The lowest BCUT2D eigenvalue weighted by Gasteiger charge is -1.99. The highest BCUT2D eigenvalue weighted by molar-refractivity contribution is 5.92. The molecule has 0 fully saturated rings. The van der Waals surface area contributed by atoms with Crippen LogP contribution in [0.2, 0.25) is 0 Å². The van der Waals surface area contributed by atoms with E-state index in [1.165, 1.54) is 18.2 Å². The molecule has 0 aliphatic carbocycles. The fourth-order valence-corrected chi connectivity index (χ4v) is 2.88. The zero-order valence-corrected chi connectivity index (χ0v) is 14.8. The number of halogens is 2. The normalized spacial score (nSPS) is 11.7. The molecule has 0 unspecified atom stereocenters. The van der Waals surface area contributed by atoms with Crippen molar-refractivity contribution in [1.82, 2.24) is 25.4 Å². The topological polar surface area (TPSA) is 90.5 Å². The molecule has 0 spiro atoms. The molecular formula is C20H17F2N5O. The van der Waals surface area contributed by atoms with Gasteiger partial charge >= 0.3 is 0 Å². The van der Waals surface area contributed by atoms with Crippen molar-refractivity contribution in [2.45, 2.75) is 12.8 Å². The molecule has 0 amide bonds. The van der Waals surface area contributed by atoms with Crippen LogP contribution in [0.5, 0.6) is 0 Å². The number of aromatic amines is 2. The van der Waals surface area contributed by atoms with E-state index in [-0.39, 0.29) is 23.8 Å². The summed E-state index contributed by atoms with van der Waals surface area (Å²) in [5.41, 5.74) is 2.26. The molecule has 0 aliphatic heterocycles. The van der Waals surface area contributed by atoms with E-state index in [0.29, 0.717) is 29.9 Å². The summed E-state index contributed by atoms with van der Waals surface area (Å²) in [4.78, 5) is 4.30. The smallest absolute Gasteiger partial charge is 0.184 e. The Hall–Kier alpha value is -3.39. The van der Waals surface area contributed by atoms with Gasteiger partial charge in [0.05, 0.1) is 16.8 Å². The lowest BCUT2D eigenvalue weighted by molar-refractivity contribution is 0.287. The fourth-order valence-electron chi connectivity index (χ4n) is 2.88. The Morgan fingerprint density at radius 1 is 1.00 bits per heavy atom. The molecule has 28 heavy (non-hydrogen) atoms. The third kappa shape index (κ3) is 3.67. The largest absolute Gasteiger partial charge is 0.396 e. The predicted octanol–water partition coefficient (Wildman–Crippen LogP) is 3.72. The number of H-pyrrole nitrogens is 2. The standard InChI is InChI=1S/C20H17F2N5O/c21-13-6-3-12(4-7-13)5-8-17-15-10-14(16(22)11-18(15)25-24-17)20-23-19(26-27-20)2-1-9-28/h3-8,10-11,28H,1-2,9H2,(H,24,25)(H,23,26,27). The Bertz CT molecular complexity index is 1130. The molecule has 2 aromatic carbocycles. The van der Waals surface area contributed by atoms with Crippen LogP contribution in [0.1, 0.15) is 23.5 Å². The molecule has 4 aromatic rings. The monoisotopic (exact) mass is 381 g/mol. The van der Waals surface area contributed by atoms with Crippen LogP contribution >= 0.6 is 0 Å². The predicted molar refractivity (Wildman–Crippen MR) is 102 cm³/mol. The van der Waals surface area contributed by atoms with Crippen LogP contribution in [0.4, 0.5) is 8.78 Å². The van der Waals surface area contributed by atoms with Crippen LogP contribution in [0.25, 0.3) is 34.4 Å². The number of rotatable bonds is 6. The minimum atomic E-state index is -0.460. The van der Waals surface area contributed by atoms with Crippen molar-refractivity contribution in [2.24, 2.45) is 0 Å². The van der Waals surface area contributed by atoms with Crippen LogP contribution in [-0.2, 0) is 6.42 Å². The van der Waals surface area contributed by atoms with Gasteiger partial charge in [-0.05, 0) is 36.3 Å². The summed E-state index contributed by atoms with van der Waals surface area (Å²) in [5.74, 6) is 0.0828. The summed E-state index contributed by atoms with van der Waals surface area (Å²) in [6, 6.07) is 9.09. The Morgan fingerprint density at radius 3 is 2.61 bits per heavy atom. The lowest BCUT2D eigenvalue weighted by atomic mass is 10.1. The number of aliphatic hydroxyl groups excluding tert-OH is 1. The van der Waals surface area contributed by atoms with Gasteiger partial charge in [-0.3, -0.25) is 10.2 Å². The summed E-state index contributed by atoms with van der Waals surface area (Å²) in [6.07, 6.45) is 4.66. The maximum atomic E-state index is 14.5. The van der Waals surface area contributed by atoms with E-state index in [0.717, 1.165) is 10.9 Å². The highest BCUT2D eigenvalue weighted by Crippen LogP contribution is 2.27. The van der Waals surface area contributed by atoms with Crippen molar-refractivity contribution in [3.8, 4) is 11.4 Å². The van der Waals surface area contributed by atoms with Gasteiger partial charge in [0.15, 0.2) is 5.82 Å². The third-order valence-electron chi connectivity index (χ3n) is 4.33. The van der Waals surface area contributed by atoms with Gasteiger partial charge in [0.2, 0.25) is 0 Å². The van der Waals surface area contributed by atoms with Crippen molar-refractivity contribution < 1.29 is 13.9 Å². The van der Waals surface area contributed by atoms with Gasteiger partial charge in [-0.15, -0.1) is 0 Å². The van der Waals surface area contributed by atoms with E-state index >= 15 is 0 Å². The average Bonchev–Trinajstić information content (AvgIpc) is 3.32. The molecule has 0 saturated heterocycles. The second-order valence-corrected chi connectivity index (χ2v) is 6.30. The number of benzene rings is 2. The van der Waals surface area contributed by atoms with Crippen LogP contribution in [0, 0.1) is 11.6 Å². The number of hydrogen-bond acceptors (Lipinski definition) is 4. The summed E-state index contributed by atoms with van der Waals surface area (Å²) in [5, 5.41) is 23.5. The molecule has 2 aromatic heterocycles. The van der Waals surface area contributed by atoms with E-state index in [9.17, 15) is 8.78 Å². The zero-order chi connectivity index (χ0) is 19.5. The zero-order valence-electron chi connectivity index (χ0n) is 14.8. The first-order valence-corrected chi connectivity index (χ1v) is 8.78. The second kappa shape index (κ2) is 7.69. The maximum absolute atomic E-state index is 14.5. The van der Waals surface area contributed by atoms with Gasteiger partial charge in [-0.2, -0.15) is 10.2 Å². The summed E-state index contributed by atoms with van der Waals surface area (Å²) < 4.78 is 27.5. The molecule has 8 heteroatoms. The Balaban J connectivity index is 1.68. The van der Waals surface area contributed by atoms with Crippen molar-refractivity contribution in [3.63, 3.8) is 0 Å². The van der Waals surface area contributed by atoms with Crippen LogP contribution in [0.3, 0.4) is 0 Å². The highest BCUT2D eigenvalue weighted by Gasteiger charge is 2.15. The molecule has 0 radical (unpaired) electrons. The SMILES string of the molecule is OCCCc1nc(-c2cc3c(C=Cc4ccc(F)cc4)n[nH]c3cc2F)n[nH]1. The first-order chi connectivity index (χ1) is 13.6. The summed E-state index contributed by atoms with van der Waals surface area (Å²) >= 11 is 0.